The summed E-state index contributed by atoms with van der Waals surface area (Å²) in [5.41, 5.74) is 0. The lowest BCUT2D eigenvalue weighted by Gasteiger charge is -2.27. The molecule has 0 aromatic carbocycles. The van der Waals surface area contributed by atoms with E-state index in [0.717, 1.165) is 22.7 Å². The molecule has 0 aliphatic carbocycles. The van der Waals surface area contributed by atoms with Gasteiger partial charge < -0.3 is 4.90 Å². The van der Waals surface area contributed by atoms with Crippen LogP contribution in [0.3, 0.4) is 0 Å². The second-order valence-electron chi connectivity index (χ2n) is 4.91. The average Bonchev–Trinajstić information content (AvgIpc) is 2.26. The van der Waals surface area contributed by atoms with Crippen molar-refractivity contribution in [2.45, 2.75) is 46.6 Å². The lowest BCUT2D eigenvalue weighted by Crippen LogP contribution is -2.31. The Bertz CT molecular complexity index is 366. The monoisotopic (exact) mass is 299 g/mol. The molecular weight excluding hydrogens is 278 g/mol. The summed E-state index contributed by atoms with van der Waals surface area (Å²) < 4.78 is 0.864. The van der Waals surface area contributed by atoms with Crippen molar-refractivity contribution in [3.8, 4) is 0 Å². The van der Waals surface area contributed by atoms with Crippen molar-refractivity contribution in [3.05, 3.63) is 16.5 Å². The highest BCUT2D eigenvalue weighted by Gasteiger charge is 2.14. The lowest BCUT2D eigenvalue weighted by atomic mass is 10.0. The highest BCUT2D eigenvalue weighted by Crippen LogP contribution is 2.20. The predicted molar refractivity (Wildman–Crippen MR) is 76.4 cm³/mol. The van der Waals surface area contributed by atoms with Gasteiger partial charge in [0.1, 0.15) is 16.2 Å². The van der Waals surface area contributed by atoms with Crippen LogP contribution in [0.15, 0.2) is 10.7 Å². The molecule has 0 fully saturated rings. The van der Waals surface area contributed by atoms with E-state index in [2.05, 4.69) is 65.5 Å². The Labute approximate surface area is 113 Å². The van der Waals surface area contributed by atoms with E-state index in [9.17, 15) is 0 Å². The van der Waals surface area contributed by atoms with Crippen molar-refractivity contribution in [1.82, 2.24) is 9.97 Å². The second-order valence-corrected chi connectivity index (χ2v) is 5.72. The fourth-order valence-corrected chi connectivity index (χ4v) is 2.27. The molecule has 0 amide bonds. The molecule has 0 saturated carbocycles. The summed E-state index contributed by atoms with van der Waals surface area (Å²) in [6, 6.07) is 2.47. The van der Waals surface area contributed by atoms with Crippen molar-refractivity contribution in [2.75, 3.05) is 11.9 Å². The van der Waals surface area contributed by atoms with E-state index in [1.54, 1.807) is 0 Å². The summed E-state index contributed by atoms with van der Waals surface area (Å²) in [4.78, 5) is 11.1. The van der Waals surface area contributed by atoms with E-state index in [-0.39, 0.29) is 0 Å². The van der Waals surface area contributed by atoms with Gasteiger partial charge in [-0.2, -0.15) is 0 Å². The van der Waals surface area contributed by atoms with Gasteiger partial charge in [-0.15, -0.1) is 0 Å². The van der Waals surface area contributed by atoms with Crippen molar-refractivity contribution in [1.29, 1.82) is 0 Å². The van der Waals surface area contributed by atoms with Gasteiger partial charge in [0.2, 0.25) is 0 Å². The summed E-state index contributed by atoms with van der Waals surface area (Å²) in [6.45, 7) is 8.81. The molecule has 0 aliphatic heterocycles. The minimum Gasteiger partial charge on any atom is -0.357 e. The second kappa shape index (κ2) is 6.34. The van der Waals surface area contributed by atoms with Crippen molar-refractivity contribution < 1.29 is 0 Å². The van der Waals surface area contributed by atoms with E-state index >= 15 is 0 Å². The molecule has 0 N–H and O–H groups in total. The van der Waals surface area contributed by atoms with Gasteiger partial charge in [0.15, 0.2) is 0 Å². The quantitative estimate of drug-likeness (QED) is 0.777. The van der Waals surface area contributed by atoms with Gasteiger partial charge in [-0.05, 0) is 35.2 Å². The first kappa shape index (κ1) is 14.4. The van der Waals surface area contributed by atoms with Crippen LogP contribution in [-0.2, 0) is 6.42 Å². The fourth-order valence-electron chi connectivity index (χ4n) is 1.86. The lowest BCUT2D eigenvalue weighted by molar-refractivity contribution is 0.501. The molecule has 1 atom stereocenters. The smallest absolute Gasteiger partial charge is 0.133 e. The van der Waals surface area contributed by atoms with Crippen LogP contribution in [0.2, 0.25) is 0 Å². The fraction of sp³-hybridized carbons (Fsp3) is 0.692. The zero-order valence-corrected chi connectivity index (χ0v) is 13.0. The Kier molecular flexibility index (Phi) is 5.37. The normalized spacial score (nSPS) is 12.9. The average molecular weight is 300 g/mol. The molecule has 4 heteroatoms. The number of rotatable bonds is 5. The van der Waals surface area contributed by atoms with Crippen LogP contribution in [0.4, 0.5) is 5.82 Å². The van der Waals surface area contributed by atoms with Crippen LogP contribution >= 0.6 is 15.9 Å². The van der Waals surface area contributed by atoms with Gasteiger partial charge in [0.05, 0.1) is 0 Å². The van der Waals surface area contributed by atoms with Gasteiger partial charge in [-0.25, -0.2) is 9.97 Å². The van der Waals surface area contributed by atoms with E-state index in [4.69, 9.17) is 0 Å². The molecule has 1 aromatic heterocycles. The van der Waals surface area contributed by atoms with Gasteiger partial charge in [0, 0.05) is 25.6 Å². The molecule has 0 spiro atoms. The van der Waals surface area contributed by atoms with E-state index in [1.165, 1.54) is 6.42 Å². The van der Waals surface area contributed by atoms with E-state index in [1.807, 2.05) is 6.07 Å². The highest BCUT2D eigenvalue weighted by molar-refractivity contribution is 9.10. The Morgan fingerprint density at radius 3 is 2.47 bits per heavy atom. The predicted octanol–water partition coefficient (Wildman–Crippen LogP) is 3.67. The van der Waals surface area contributed by atoms with Gasteiger partial charge >= 0.3 is 0 Å². The topological polar surface area (TPSA) is 29.0 Å². The van der Waals surface area contributed by atoms with Crippen LogP contribution < -0.4 is 4.90 Å². The zero-order valence-electron chi connectivity index (χ0n) is 11.4. The molecule has 0 bridgehead atoms. The minimum absolute atomic E-state index is 0.488. The number of aromatic nitrogens is 2. The molecule has 3 nitrogen and oxygen atoms in total. The summed E-state index contributed by atoms with van der Waals surface area (Å²) in [5.74, 6) is 2.58. The summed E-state index contributed by atoms with van der Waals surface area (Å²) in [5, 5.41) is 0. The molecular formula is C13H22BrN3. The molecule has 1 rings (SSSR count). The largest absolute Gasteiger partial charge is 0.357 e. The third-order valence-electron chi connectivity index (χ3n) is 2.88. The number of hydrogen-bond donors (Lipinski definition) is 0. The number of anilines is 1. The molecule has 1 unspecified atom stereocenters. The van der Waals surface area contributed by atoms with E-state index in [0.29, 0.717) is 12.0 Å². The van der Waals surface area contributed by atoms with Crippen LogP contribution in [-0.4, -0.2) is 23.1 Å². The number of nitrogens with zero attached hydrogens (tertiary/aromatic N) is 3. The van der Waals surface area contributed by atoms with E-state index < -0.39 is 0 Å². The van der Waals surface area contributed by atoms with Crippen molar-refractivity contribution >= 4 is 21.7 Å². The summed E-state index contributed by atoms with van der Waals surface area (Å²) in [7, 11) is 2.10. The first-order chi connectivity index (χ1) is 7.93. The molecule has 17 heavy (non-hydrogen) atoms. The van der Waals surface area contributed by atoms with Crippen LogP contribution in [0.1, 0.15) is 39.9 Å². The number of halogens is 1. The SMILES string of the molecule is CCc1nc(Br)cc(N(C)C(C)CC(C)C)n1. The van der Waals surface area contributed by atoms with Crippen molar-refractivity contribution in [3.63, 3.8) is 0 Å². The van der Waals surface area contributed by atoms with Crippen LogP contribution in [0.25, 0.3) is 0 Å². The van der Waals surface area contributed by atoms with Crippen molar-refractivity contribution in [2.24, 2.45) is 5.92 Å². The summed E-state index contributed by atoms with van der Waals surface area (Å²) in [6.07, 6.45) is 2.03. The van der Waals surface area contributed by atoms with Gasteiger partial charge in [-0.3, -0.25) is 0 Å². The number of hydrogen-bond acceptors (Lipinski definition) is 3. The molecule has 0 aliphatic rings. The maximum absolute atomic E-state index is 4.57. The highest BCUT2D eigenvalue weighted by atomic mass is 79.9. The Hall–Kier alpha value is -0.640. The number of aryl methyl sites for hydroxylation is 1. The van der Waals surface area contributed by atoms with Gasteiger partial charge in [-0.1, -0.05) is 20.8 Å². The first-order valence-electron chi connectivity index (χ1n) is 6.20. The zero-order chi connectivity index (χ0) is 13.0. The standard InChI is InChI=1S/C13H22BrN3/c1-6-12-15-11(14)8-13(16-12)17(5)10(4)7-9(2)3/h8-10H,6-7H2,1-5H3. The van der Waals surface area contributed by atoms with Crippen LogP contribution in [0, 0.1) is 5.92 Å². The minimum atomic E-state index is 0.488. The Morgan fingerprint density at radius 1 is 1.29 bits per heavy atom. The maximum Gasteiger partial charge on any atom is 0.133 e. The van der Waals surface area contributed by atoms with Crippen LogP contribution in [0.5, 0.6) is 0 Å². The third-order valence-corrected chi connectivity index (χ3v) is 3.29. The Morgan fingerprint density at radius 2 is 1.94 bits per heavy atom. The molecule has 1 heterocycles. The Balaban J connectivity index is 2.87. The molecule has 96 valence electrons. The van der Waals surface area contributed by atoms with Gasteiger partial charge in [0.25, 0.3) is 0 Å². The summed E-state index contributed by atoms with van der Waals surface area (Å²) >= 11 is 3.44. The first-order valence-corrected chi connectivity index (χ1v) is 6.99. The molecule has 0 saturated heterocycles. The molecule has 0 radical (unpaired) electrons. The maximum atomic E-state index is 4.57. The molecule has 1 aromatic rings. The third kappa shape index (κ3) is 4.26.